The molecule has 1 nitrogen and oxygen atoms in total. The first-order chi connectivity index (χ1) is 16.1. The lowest BCUT2D eigenvalue weighted by atomic mass is 9.72. The molecule has 8 heteroatoms. The predicted octanol–water partition coefficient (Wildman–Crippen LogP) is 8.36. The van der Waals surface area contributed by atoms with Crippen LogP contribution in [-0.4, -0.2) is 6.11 Å². The SMILES string of the molecule is Cc1ccc(C2CCC(C3=CCC(C(F)(F)Oc4cc(F)c(F)c(F)c4)CC3)CC2)c(F)c1F. The first kappa shape index (κ1) is 24.6. The van der Waals surface area contributed by atoms with E-state index in [1.165, 1.54) is 6.92 Å². The van der Waals surface area contributed by atoms with Crippen molar-refractivity contribution >= 4 is 0 Å². The fraction of sp³-hybridized carbons (Fsp3) is 0.462. The summed E-state index contributed by atoms with van der Waals surface area (Å²) in [6.07, 6.45) is 1.58. The minimum absolute atomic E-state index is 0.0340. The van der Waals surface area contributed by atoms with Crippen molar-refractivity contribution in [1.82, 2.24) is 0 Å². The smallest absolute Gasteiger partial charge is 0.401 e. The molecule has 0 bridgehead atoms. The Morgan fingerprint density at radius 3 is 2.00 bits per heavy atom. The van der Waals surface area contributed by atoms with E-state index in [1.807, 2.05) is 0 Å². The fourth-order valence-electron chi connectivity index (χ4n) is 5.11. The third kappa shape index (κ3) is 4.96. The van der Waals surface area contributed by atoms with Crippen molar-refractivity contribution in [2.45, 2.75) is 63.9 Å². The molecule has 2 aliphatic rings. The Balaban J connectivity index is 1.36. The Bertz CT molecular complexity index is 1060. The quantitative estimate of drug-likeness (QED) is 0.234. The minimum Gasteiger partial charge on any atom is -0.432 e. The molecule has 0 radical (unpaired) electrons. The molecule has 2 aromatic rings. The maximum Gasteiger partial charge on any atom is 0.401 e. The van der Waals surface area contributed by atoms with Crippen LogP contribution in [0.25, 0.3) is 0 Å². The number of aryl methyl sites for hydroxylation is 1. The monoisotopic (exact) mass is 486 g/mol. The summed E-state index contributed by atoms with van der Waals surface area (Å²) in [5, 5.41) is 0. The zero-order chi connectivity index (χ0) is 24.6. The Hall–Kier alpha value is -2.51. The van der Waals surface area contributed by atoms with E-state index in [9.17, 15) is 30.7 Å². The highest BCUT2D eigenvalue weighted by atomic mass is 19.3. The molecule has 0 amide bonds. The third-order valence-corrected chi connectivity index (χ3v) is 7.13. The molecule has 1 atom stereocenters. The van der Waals surface area contributed by atoms with Gasteiger partial charge in [-0.05, 0) is 74.8 Å². The normalized spacial score (nSPS) is 23.5. The van der Waals surface area contributed by atoms with Crippen molar-refractivity contribution in [3.8, 4) is 5.75 Å². The van der Waals surface area contributed by atoms with Gasteiger partial charge in [0, 0.05) is 12.1 Å². The zero-order valence-corrected chi connectivity index (χ0v) is 18.6. The number of rotatable bonds is 5. The van der Waals surface area contributed by atoms with Crippen LogP contribution < -0.4 is 4.74 Å². The highest BCUT2D eigenvalue weighted by molar-refractivity contribution is 5.29. The molecular formula is C26H25F7O. The molecule has 34 heavy (non-hydrogen) atoms. The number of halogens is 7. The van der Waals surface area contributed by atoms with Gasteiger partial charge in [0.15, 0.2) is 29.1 Å². The maximum atomic E-state index is 14.6. The van der Waals surface area contributed by atoms with Crippen molar-refractivity contribution in [3.05, 3.63) is 76.1 Å². The predicted molar refractivity (Wildman–Crippen MR) is 113 cm³/mol. The third-order valence-electron chi connectivity index (χ3n) is 7.13. The van der Waals surface area contributed by atoms with Crippen molar-refractivity contribution in [2.75, 3.05) is 0 Å². The topological polar surface area (TPSA) is 9.23 Å². The summed E-state index contributed by atoms with van der Waals surface area (Å²) in [5.74, 6) is -8.36. The van der Waals surface area contributed by atoms with E-state index >= 15 is 0 Å². The van der Waals surface area contributed by atoms with E-state index in [2.05, 4.69) is 4.74 Å². The summed E-state index contributed by atoms with van der Waals surface area (Å²) < 4.78 is 102. The van der Waals surface area contributed by atoms with Gasteiger partial charge in [-0.15, -0.1) is 0 Å². The average Bonchev–Trinajstić information content (AvgIpc) is 2.81. The van der Waals surface area contributed by atoms with Gasteiger partial charge in [0.05, 0.1) is 5.92 Å². The van der Waals surface area contributed by atoms with E-state index in [0.29, 0.717) is 37.0 Å². The van der Waals surface area contributed by atoms with Crippen LogP contribution in [0.1, 0.15) is 62.0 Å². The van der Waals surface area contributed by atoms with Crippen molar-refractivity contribution in [1.29, 1.82) is 0 Å². The molecule has 0 heterocycles. The number of hydrogen-bond donors (Lipinski definition) is 0. The molecule has 0 spiro atoms. The first-order valence-electron chi connectivity index (χ1n) is 11.4. The van der Waals surface area contributed by atoms with Crippen LogP contribution in [-0.2, 0) is 0 Å². The fourth-order valence-corrected chi connectivity index (χ4v) is 5.11. The van der Waals surface area contributed by atoms with Gasteiger partial charge in [0.25, 0.3) is 0 Å². The molecule has 0 saturated heterocycles. The molecule has 0 aromatic heterocycles. The zero-order valence-electron chi connectivity index (χ0n) is 18.6. The molecule has 1 fully saturated rings. The van der Waals surface area contributed by atoms with E-state index in [4.69, 9.17) is 0 Å². The van der Waals surface area contributed by atoms with Gasteiger partial charge in [0.1, 0.15) is 5.75 Å². The van der Waals surface area contributed by atoms with Crippen LogP contribution in [0.15, 0.2) is 35.9 Å². The van der Waals surface area contributed by atoms with Crippen LogP contribution in [0.4, 0.5) is 30.7 Å². The Morgan fingerprint density at radius 1 is 0.794 bits per heavy atom. The Labute approximate surface area is 193 Å². The number of alkyl halides is 2. The number of ether oxygens (including phenoxy) is 1. The molecule has 2 aliphatic carbocycles. The van der Waals surface area contributed by atoms with Gasteiger partial charge in [-0.2, -0.15) is 8.78 Å². The van der Waals surface area contributed by atoms with Crippen molar-refractivity contribution in [2.24, 2.45) is 11.8 Å². The highest BCUT2D eigenvalue weighted by Gasteiger charge is 2.43. The van der Waals surface area contributed by atoms with Gasteiger partial charge in [-0.1, -0.05) is 23.8 Å². The van der Waals surface area contributed by atoms with Gasteiger partial charge in [-0.3, -0.25) is 0 Å². The second kappa shape index (κ2) is 9.62. The maximum absolute atomic E-state index is 14.6. The van der Waals surface area contributed by atoms with Gasteiger partial charge >= 0.3 is 6.11 Å². The summed E-state index contributed by atoms with van der Waals surface area (Å²) in [4.78, 5) is 0. The lowest BCUT2D eigenvalue weighted by Gasteiger charge is -2.34. The summed E-state index contributed by atoms with van der Waals surface area (Å²) in [7, 11) is 0. The molecule has 2 aromatic carbocycles. The highest BCUT2D eigenvalue weighted by Crippen LogP contribution is 2.45. The van der Waals surface area contributed by atoms with Crippen LogP contribution in [0.3, 0.4) is 0 Å². The van der Waals surface area contributed by atoms with Crippen LogP contribution in [0, 0.1) is 47.8 Å². The van der Waals surface area contributed by atoms with E-state index < -0.39 is 46.9 Å². The Kier molecular flexibility index (Phi) is 6.97. The molecule has 184 valence electrons. The lowest BCUT2D eigenvalue weighted by Crippen LogP contribution is -2.36. The van der Waals surface area contributed by atoms with Crippen LogP contribution in [0.2, 0.25) is 0 Å². The van der Waals surface area contributed by atoms with Gasteiger partial charge < -0.3 is 4.74 Å². The molecule has 0 aliphatic heterocycles. The average molecular weight is 486 g/mol. The number of hydrogen-bond acceptors (Lipinski definition) is 1. The number of allylic oxidation sites excluding steroid dienone is 2. The van der Waals surface area contributed by atoms with Crippen molar-refractivity contribution in [3.63, 3.8) is 0 Å². The molecule has 0 N–H and O–H groups in total. The summed E-state index contributed by atoms with van der Waals surface area (Å²) in [6, 6.07) is 4.03. The van der Waals surface area contributed by atoms with E-state index in [1.54, 1.807) is 18.2 Å². The van der Waals surface area contributed by atoms with E-state index in [-0.39, 0.29) is 30.2 Å². The molecule has 1 unspecified atom stereocenters. The van der Waals surface area contributed by atoms with Crippen molar-refractivity contribution < 1.29 is 35.5 Å². The lowest BCUT2D eigenvalue weighted by molar-refractivity contribution is -0.217. The minimum atomic E-state index is -3.68. The molecule has 4 rings (SSSR count). The molecule has 1 saturated carbocycles. The summed E-state index contributed by atoms with van der Waals surface area (Å²) in [5.41, 5.74) is 1.73. The second-order valence-electron chi connectivity index (χ2n) is 9.26. The van der Waals surface area contributed by atoms with Gasteiger partial charge in [0.2, 0.25) is 0 Å². The Morgan fingerprint density at radius 2 is 1.41 bits per heavy atom. The standard InChI is InChI=1S/C26H25F7O/c1-14-2-11-20(24(30)23(14)29)17-5-3-15(4-6-17)16-7-9-18(10-8-16)26(32,33)34-19-12-21(27)25(31)22(28)13-19/h2,7,11-13,15,17-18H,3-6,8-10H2,1H3. The van der Waals surface area contributed by atoms with Crippen LogP contribution >= 0.6 is 0 Å². The largest absolute Gasteiger partial charge is 0.432 e. The molecular weight excluding hydrogens is 461 g/mol. The van der Waals surface area contributed by atoms with Gasteiger partial charge in [-0.25, -0.2) is 22.0 Å². The second-order valence-corrected chi connectivity index (χ2v) is 9.26. The van der Waals surface area contributed by atoms with Crippen LogP contribution in [0.5, 0.6) is 5.75 Å². The first-order valence-corrected chi connectivity index (χ1v) is 11.4. The summed E-state index contributed by atoms with van der Waals surface area (Å²) >= 11 is 0. The summed E-state index contributed by atoms with van der Waals surface area (Å²) in [6.45, 7) is 1.52. The number of benzene rings is 2. The van der Waals surface area contributed by atoms with E-state index in [0.717, 1.165) is 18.4 Å².